The number of nitrogens with one attached hydrogen (secondary N) is 1. The van der Waals surface area contributed by atoms with Crippen molar-refractivity contribution in [2.45, 2.75) is 18.9 Å². The van der Waals surface area contributed by atoms with Crippen molar-refractivity contribution in [3.8, 4) is 0 Å². The molecule has 1 aromatic carbocycles. The number of benzene rings is 1. The van der Waals surface area contributed by atoms with Gasteiger partial charge in [0.2, 0.25) is 0 Å². The third-order valence-corrected chi connectivity index (χ3v) is 3.47. The molecule has 1 aromatic rings. The average Bonchev–Trinajstić information content (AvgIpc) is 2.34. The van der Waals surface area contributed by atoms with Crippen LogP contribution in [0, 0.1) is 11.6 Å². The van der Waals surface area contributed by atoms with Crippen molar-refractivity contribution in [3.05, 3.63) is 33.8 Å². The highest BCUT2D eigenvalue weighted by Gasteiger charge is 2.30. The minimum Gasteiger partial charge on any atom is -0.385 e. The van der Waals surface area contributed by atoms with Crippen molar-refractivity contribution in [2.24, 2.45) is 0 Å². The lowest BCUT2D eigenvalue weighted by Gasteiger charge is -2.25. The van der Waals surface area contributed by atoms with Gasteiger partial charge in [0.15, 0.2) is 0 Å². The molecule has 1 rings (SSSR count). The first kappa shape index (κ1) is 16.5. The number of hydrogen-bond acceptors (Lipinski definition) is 3. The molecular formula is C13H18BrF2NO2. The minimum absolute atomic E-state index is 0.136. The molecule has 2 N–H and O–H groups in total. The van der Waals surface area contributed by atoms with Gasteiger partial charge in [0.1, 0.15) is 11.6 Å². The SMILES string of the molecule is COCCNCCC(C)(O)c1c(F)ccc(Br)c1F. The molecule has 0 amide bonds. The Morgan fingerprint density at radius 3 is 2.68 bits per heavy atom. The van der Waals surface area contributed by atoms with Gasteiger partial charge in [0.25, 0.3) is 0 Å². The monoisotopic (exact) mass is 337 g/mol. The van der Waals surface area contributed by atoms with Crippen molar-refractivity contribution in [1.82, 2.24) is 5.32 Å². The van der Waals surface area contributed by atoms with Crippen LogP contribution in [0.3, 0.4) is 0 Å². The smallest absolute Gasteiger partial charge is 0.146 e. The van der Waals surface area contributed by atoms with E-state index in [1.807, 2.05) is 0 Å². The van der Waals surface area contributed by atoms with Crippen molar-refractivity contribution < 1.29 is 18.6 Å². The van der Waals surface area contributed by atoms with Crippen LogP contribution in [0.2, 0.25) is 0 Å². The fourth-order valence-corrected chi connectivity index (χ4v) is 2.11. The standard InChI is InChI=1S/C13H18BrF2NO2/c1-13(18,5-6-17-7-8-19-2)11-10(15)4-3-9(14)12(11)16/h3-4,17-18H,5-8H2,1-2H3. The maximum atomic E-state index is 13.9. The van der Waals surface area contributed by atoms with Crippen LogP contribution in [0.1, 0.15) is 18.9 Å². The summed E-state index contributed by atoms with van der Waals surface area (Å²) in [6.07, 6.45) is 0.195. The first-order chi connectivity index (χ1) is 8.90. The zero-order valence-electron chi connectivity index (χ0n) is 11.0. The first-order valence-electron chi connectivity index (χ1n) is 5.96. The van der Waals surface area contributed by atoms with Crippen LogP contribution in [0.5, 0.6) is 0 Å². The van der Waals surface area contributed by atoms with Crippen LogP contribution >= 0.6 is 15.9 Å². The van der Waals surface area contributed by atoms with E-state index in [1.165, 1.54) is 13.0 Å². The van der Waals surface area contributed by atoms with Gasteiger partial charge in [-0.1, -0.05) is 0 Å². The molecule has 0 heterocycles. The van der Waals surface area contributed by atoms with E-state index in [-0.39, 0.29) is 16.5 Å². The molecule has 1 unspecified atom stereocenters. The van der Waals surface area contributed by atoms with Crippen LogP contribution in [-0.4, -0.2) is 31.9 Å². The second-order valence-electron chi connectivity index (χ2n) is 4.48. The van der Waals surface area contributed by atoms with Crippen LogP contribution in [0.15, 0.2) is 16.6 Å². The van der Waals surface area contributed by atoms with Gasteiger partial charge in [0.05, 0.1) is 22.2 Å². The van der Waals surface area contributed by atoms with Gasteiger partial charge in [-0.3, -0.25) is 0 Å². The lowest BCUT2D eigenvalue weighted by Crippen LogP contribution is -2.31. The largest absolute Gasteiger partial charge is 0.385 e. The number of methoxy groups -OCH3 is 1. The van der Waals surface area contributed by atoms with Crippen LogP contribution < -0.4 is 5.32 Å². The molecule has 108 valence electrons. The fraction of sp³-hybridized carbons (Fsp3) is 0.538. The topological polar surface area (TPSA) is 41.5 Å². The van der Waals surface area contributed by atoms with Crippen molar-refractivity contribution in [1.29, 1.82) is 0 Å². The Morgan fingerprint density at radius 1 is 1.37 bits per heavy atom. The Bertz CT molecular complexity index is 427. The Kier molecular flexibility index (Phi) is 6.32. The second kappa shape index (κ2) is 7.28. The highest BCUT2D eigenvalue weighted by atomic mass is 79.9. The van der Waals surface area contributed by atoms with Crippen LogP contribution in [0.4, 0.5) is 8.78 Å². The lowest BCUT2D eigenvalue weighted by atomic mass is 9.91. The van der Waals surface area contributed by atoms with E-state index in [1.54, 1.807) is 7.11 Å². The van der Waals surface area contributed by atoms with E-state index in [9.17, 15) is 13.9 Å². The maximum Gasteiger partial charge on any atom is 0.146 e. The lowest BCUT2D eigenvalue weighted by molar-refractivity contribution is 0.0398. The third-order valence-electron chi connectivity index (χ3n) is 2.85. The number of ether oxygens (including phenoxy) is 1. The summed E-state index contributed by atoms with van der Waals surface area (Å²) in [6, 6.07) is 2.41. The minimum atomic E-state index is -1.57. The van der Waals surface area contributed by atoms with E-state index >= 15 is 0 Å². The quantitative estimate of drug-likeness (QED) is 0.593. The Labute approximate surface area is 120 Å². The molecular weight excluding hydrogens is 320 g/mol. The van der Waals surface area contributed by atoms with E-state index < -0.39 is 17.2 Å². The molecule has 3 nitrogen and oxygen atoms in total. The third kappa shape index (κ3) is 4.49. The molecule has 0 aromatic heterocycles. The fourth-order valence-electron chi connectivity index (χ4n) is 1.78. The van der Waals surface area contributed by atoms with Gasteiger partial charge in [-0.05, 0) is 48.0 Å². The first-order valence-corrected chi connectivity index (χ1v) is 6.75. The van der Waals surface area contributed by atoms with E-state index in [0.29, 0.717) is 19.7 Å². The molecule has 1 atom stereocenters. The van der Waals surface area contributed by atoms with Gasteiger partial charge in [-0.25, -0.2) is 8.78 Å². The summed E-state index contributed by atoms with van der Waals surface area (Å²) in [6.45, 7) is 3.00. The van der Waals surface area contributed by atoms with Gasteiger partial charge in [-0.15, -0.1) is 0 Å². The molecule has 0 bridgehead atoms. The van der Waals surface area contributed by atoms with Gasteiger partial charge in [0, 0.05) is 13.7 Å². The Hall–Kier alpha value is -0.560. The zero-order chi connectivity index (χ0) is 14.5. The Balaban J connectivity index is 2.74. The van der Waals surface area contributed by atoms with E-state index in [2.05, 4.69) is 21.2 Å². The van der Waals surface area contributed by atoms with Gasteiger partial charge < -0.3 is 15.2 Å². The Morgan fingerprint density at radius 2 is 2.05 bits per heavy atom. The van der Waals surface area contributed by atoms with Crippen molar-refractivity contribution in [2.75, 3.05) is 26.8 Å². The van der Waals surface area contributed by atoms with Crippen molar-refractivity contribution in [3.63, 3.8) is 0 Å². The molecule has 0 aliphatic rings. The summed E-state index contributed by atoms with van der Waals surface area (Å²) in [5.74, 6) is -1.51. The number of halogens is 3. The van der Waals surface area contributed by atoms with E-state index in [4.69, 9.17) is 4.74 Å². The summed E-state index contributed by atoms with van der Waals surface area (Å²) in [7, 11) is 1.59. The molecule has 0 aliphatic carbocycles. The number of aliphatic hydroxyl groups is 1. The molecule has 0 radical (unpaired) electrons. The highest BCUT2D eigenvalue weighted by Crippen LogP contribution is 2.32. The van der Waals surface area contributed by atoms with Gasteiger partial charge >= 0.3 is 0 Å². The summed E-state index contributed by atoms with van der Waals surface area (Å²) in [4.78, 5) is 0. The zero-order valence-corrected chi connectivity index (χ0v) is 12.6. The summed E-state index contributed by atoms with van der Waals surface area (Å²) in [5, 5.41) is 13.3. The molecule has 0 saturated heterocycles. The number of hydrogen-bond donors (Lipinski definition) is 2. The van der Waals surface area contributed by atoms with Crippen LogP contribution in [-0.2, 0) is 10.3 Å². The molecule has 0 aliphatic heterocycles. The highest BCUT2D eigenvalue weighted by molar-refractivity contribution is 9.10. The number of rotatable bonds is 7. The molecule has 0 spiro atoms. The summed E-state index contributed by atoms with van der Waals surface area (Å²) in [5.41, 5.74) is -1.88. The predicted molar refractivity (Wildman–Crippen MR) is 73.0 cm³/mol. The van der Waals surface area contributed by atoms with Gasteiger partial charge in [-0.2, -0.15) is 0 Å². The predicted octanol–water partition coefficient (Wildman–Crippen LogP) is 2.56. The molecule has 19 heavy (non-hydrogen) atoms. The molecule has 0 saturated carbocycles. The van der Waals surface area contributed by atoms with Crippen molar-refractivity contribution >= 4 is 15.9 Å². The molecule has 0 fully saturated rings. The normalized spacial score (nSPS) is 14.4. The summed E-state index contributed by atoms with van der Waals surface area (Å²) < 4.78 is 32.6. The summed E-state index contributed by atoms with van der Waals surface area (Å²) >= 11 is 2.99. The van der Waals surface area contributed by atoms with Crippen LogP contribution in [0.25, 0.3) is 0 Å². The second-order valence-corrected chi connectivity index (χ2v) is 5.34. The molecule has 6 heteroatoms. The van der Waals surface area contributed by atoms with E-state index in [0.717, 1.165) is 6.07 Å². The average molecular weight is 338 g/mol. The maximum absolute atomic E-state index is 13.9.